The van der Waals surface area contributed by atoms with Crippen LogP contribution in [0.4, 0.5) is 0 Å². The molecular weight excluding hydrogens is 246 g/mol. The number of aromatic nitrogens is 2. The first-order valence-electron chi connectivity index (χ1n) is 5.07. The Balaban J connectivity index is 2.72. The lowest BCUT2D eigenvalue weighted by atomic mass is 10.3. The van der Waals surface area contributed by atoms with Crippen molar-refractivity contribution in [3.8, 4) is 0 Å². The maximum Gasteiger partial charge on any atom is 0.274 e. The van der Waals surface area contributed by atoms with Gasteiger partial charge in [0, 0.05) is 20.2 Å². The number of nitrogens with zero attached hydrogens (tertiary/aromatic N) is 3. The molecule has 0 unspecified atom stereocenters. The molecule has 1 N–H and O–H groups in total. The van der Waals surface area contributed by atoms with Gasteiger partial charge in [0.1, 0.15) is 0 Å². The molecule has 0 spiro atoms. The number of ether oxygens (including phenoxy) is 1. The van der Waals surface area contributed by atoms with Crippen molar-refractivity contribution < 1.29 is 14.6 Å². The Morgan fingerprint density at radius 1 is 1.47 bits per heavy atom. The molecule has 0 aromatic carbocycles. The molecule has 1 aromatic rings. The van der Waals surface area contributed by atoms with Gasteiger partial charge in [0.2, 0.25) is 0 Å². The second-order valence-electron chi connectivity index (χ2n) is 3.25. The summed E-state index contributed by atoms with van der Waals surface area (Å²) < 4.78 is 4.89. The highest BCUT2D eigenvalue weighted by molar-refractivity contribution is 6.29. The Kier molecular flexibility index (Phi) is 5.82. The Morgan fingerprint density at radius 3 is 2.76 bits per heavy atom. The number of hydrogen-bond donors (Lipinski definition) is 1. The maximum absolute atomic E-state index is 12.0. The molecule has 94 valence electrons. The molecule has 1 heterocycles. The van der Waals surface area contributed by atoms with Gasteiger partial charge in [-0.3, -0.25) is 4.79 Å². The van der Waals surface area contributed by atoms with E-state index in [-0.39, 0.29) is 29.9 Å². The van der Waals surface area contributed by atoms with Crippen LogP contribution in [0.5, 0.6) is 0 Å². The SMILES string of the molecule is COCCN(CCO)C(=O)c1ccc(Cl)nn1. The number of rotatable bonds is 6. The van der Waals surface area contributed by atoms with Crippen LogP contribution in [0, 0.1) is 0 Å². The molecule has 0 bridgehead atoms. The highest BCUT2D eigenvalue weighted by Gasteiger charge is 2.16. The number of amides is 1. The van der Waals surface area contributed by atoms with Gasteiger partial charge in [-0.2, -0.15) is 0 Å². The maximum atomic E-state index is 12.0. The molecule has 7 heteroatoms. The zero-order valence-electron chi connectivity index (χ0n) is 9.47. The van der Waals surface area contributed by atoms with Gasteiger partial charge in [-0.1, -0.05) is 11.6 Å². The molecule has 0 radical (unpaired) electrons. The average molecular weight is 260 g/mol. The molecule has 17 heavy (non-hydrogen) atoms. The standard InChI is InChI=1S/C10H14ClN3O3/c1-17-7-5-14(4-6-15)10(16)8-2-3-9(11)13-12-8/h2-3,15H,4-7H2,1H3. The van der Waals surface area contributed by atoms with E-state index in [1.165, 1.54) is 17.0 Å². The van der Waals surface area contributed by atoms with Crippen molar-refractivity contribution in [3.63, 3.8) is 0 Å². The van der Waals surface area contributed by atoms with Crippen LogP contribution in [0.15, 0.2) is 12.1 Å². The molecule has 0 aliphatic carbocycles. The lowest BCUT2D eigenvalue weighted by Crippen LogP contribution is -2.36. The second kappa shape index (κ2) is 7.16. The summed E-state index contributed by atoms with van der Waals surface area (Å²) in [7, 11) is 1.55. The summed E-state index contributed by atoms with van der Waals surface area (Å²) in [5.74, 6) is -0.305. The number of methoxy groups -OCH3 is 1. The fraction of sp³-hybridized carbons (Fsp3) is 0.500. The van der Waals surface area contributed by atoms with Crippen molar-refractivity contribution >= 4 is 17.5 Å². The first-order chi connectivity index (χ1) is 8.19. The minimum absolute atomic E-state index is 0.115. The van der Waals surface area contributed by atoms with E-state index < -0.39 is 0 Å². The Bertz CT molecular complexity index is 358. The van der Waals surface area contributed by atoms with E-state index in [2.05, 4.69) is 10.2 Å². The van der Waals surface area contributed by atoms with Crippen LogP contribution < -0.4 is 0 Å². The zero-order chi connectivity index (χ0) is 12.7. The molecule has 0 saturated heterocycles. The Labute approximate surface area is 104 Å². The molecular formula is C10H14ClN3O3. The summed E-state index contributed by atoms with van der Waals surface area (Å²) in [5.41, 5.74) is 0.193. The largest absolute Gasteiger partial charge is 0.395 e. The molecule has 0 aliphatic heterocycles. The summed E-state index contributed by atoms with van der Waals surface area (Å²) in [6.07, 6.45) is 0. The molecule has 0 saturated carbocycles. The number of aliphatic hydroxyl groups is 1. The number of carbonyl (C=O) groups is 1. The second-order valence-corrected chi connectivity index (χ2v) is 3.64. The van der Waals surface area contributed by atoms with E-state index in [9.17, 15) is 4.79 Å². The van der Waals surface area contributed by atoms with Crippen molar-refractivity contribution in [3.05, 3.63) is 23.0 Å². The number of carbonyl (C=O) groups excluding carboxylic acids is 1. The molecule has 6 nitrogen and oxygen atoms in total. The summed E-state index contributed by atoms with van der Waals surface area (Å²) in [5, 5.41) is 16.4. The van der Waals surface area contributed by atoms with Crippen molar-refractivity contribution in [1.29, 1.82) is 0 Å². The van der Waals surface area contributed by atoms with Crippen LogP contribution in [0.25, 0.3) is 0 Å². The van der Waals surface area contributed by atoms with E-state index in [0.717, 1.165) is 0 Å². The van der Waals surface area contributed by atoms with Crippen LogP contribution in [0.1, 0.15) is 10.5 Å². The predicted molar refractivity (Wildman–Crippen MR) is 61.9 cm³/mol. The van der Waals surface area contributed by atoms with Crippen molar-refractivity contribution in [1.82, 2.24) is 15.1 Å². The van der Waals surface area contributed by atoms with Gasteiger partial charge in [-0.25, -0.2) is 0 Å². The molecule has 0 atom stereocenters. The predicted octanol–water partition coefficient (Wildman–Crippen LogP) is 0.211. The summed E-state index contributed by atoms with van der Waals surface area (Å²) in [4.78, 5) is 13.4. The molecule has 1 aromatic heterocycles. The molecule has 1 rings (SSSR count). The topological polar surface area (TPSA) is 75.6 Å². The van der Waals surface area contributed by atoms with Gasteiger partial charge in [-0.05, 0) is 12.1 Å². The molecule has 0 fully saturated rings. The van der Waals surface area contributed by atoms with Crippen LogP contribution in [0.3, 0.4) is 0 Å². The van der Waals surface area contributed by atoms with E-state index in [0.29, 0.717) is 13.2 Å². The minimum Gasteiger partial charge on any atom is -0.395 e. The van der Waals surface area contributed by atoms with Crippen LogP contribution in [-0.2, 0) is 4.74 Å². The van der Waals surface area contributed by atoms with Crippen molar-refractivity contribution in [2.75, 3.05) is 33.4 Å². The fourth-order valence-electron chi connectivity index (χ4n) is 1.23. The molecule has 0 aliphatic rings. The third kappa shape index (κ3) is 4.26. The van der Waals surface area contributed by atoms with Gasteiger partial charge >= 0.3 is 0 Å². The highest BCUT2D eigenvalue weighted by Crippen LogP contribution is 2.05. The normalized spacial score (nSPS) is 10.3. The fourth-order valence-corrected chi connectivity index (χ4v) is 1.33. The van der Waals surface area contributed by atoms with E-state index in [4.69, 9.17) is 21.4 Å². The third-order valence-electron chi connectivity index (χ3n) is 2.07. The van der Waals surface area contributed by atoms with Crippen LogP contribution >= 0.6 is 11.6 Å². The Morgan fingerprint density at radius 2 is 2.24 bits per heavy atom. The van der Waals surface area contributed by atoms with Gasteiger partial charge in [0.25, 0.3) is 5.91 Å². The molecule has 1 amide bonds. The summed E-state index contributed by atoms with van der Waals surface area (Å²) >= 11 is 5.58. The smallest absolute Gasteiger partial charge is 0.274 e. The lowest BCUT2D eigenvalue weighted by Gasteiger charge is -2.20. The van der Waals surface area contributed by atoms with Gasteiger partial charge < -0.3 is 14.7 Å². The first-order valence-corrected chi connectivity index (χ1v) is 5.45. The average Bonchev–Trinajstić information content (AvgIpc) is 2.34. The minimum atomic E-state index is -0.305. The quantitative estimate of drug-likeness (QED) is 0.791. The Hall–Kier alpha value is -1.24. The zero-order valence-corrected chi connectivity index (χ0v) is 10.2. The number of aliphatic hydroxyl groups excluding tert-OH is 1. The monoisotopic (exact) mass is 259 g/mol. The highest BCUT2D eigenvalue weighted by atomic mass is 35.5. The van der Waals surface area contributed by atoms with E-state index in [1.807, 2.05) is 0 Å². The van der Waals surface area contributed by atoms with E-state index in [1.54, 1.807) is 7.11 Å². The van der Waals surface area contributed by atoms with Gasteiger partial charge in [-0.15, -0.1) is 10.2 Å². The first kappa shape index (κ1) is 13.8. The van der Waals surface area contributed by atoms with E-state index >= 15 is 0 Å². The summed E-state index contributed by atoms with van der Waals surface area (Å²) in [6, 6.07) is 2.99. The van der Waals surface area contributed by atoms with Gasteiger partial charge in [0.05, 0.1) is 13.2 Å². The van der Waals surface area contributed by atoms with Gasteiger partial charge in [0.15, 0.2) is 10.8 Å². The van der Waals surface area contributed by atoms with Crippen LogP contribution in [-0.4, -0.2) is 59.5 Å². The summed E-state index contributed by atoms with van der Waals surface area (Å²) in [6.45, 7) is 0.899. The lowest BCUT2D eigenvalue weighted by molar-refractivity contribution is 0.0649. The number of hydrogen-bond acceptors (Lipinski definition) is 5. The van der Waals surface area contributed by atoms with Crippen molar-refractivity contribution in [2.24, 2.45) is 0 Å². The van der Waals surface area contributed by atoms with Crippen molar-refractivity contribution in [2.45, 2.75) is 0 Å². The number of halogens is 1. The van der Waals surface area contributed by atoms with Crippen LogP contribution in [0.2, 0.25) is 5.15 Å². The third-order valence-corrected chi connectivity index (χ3v) is 2.28.